The standard InChI is InChI=1S/C6H11N6/c1-3-12(4-2-7-1)5-6-8-10-11-9-6/h1-5H2,(H,8,9,10,11). The molecule has 2 heterocycles. The molecule has 0 aliphatic carbocycles. The maximum atomic E-state index is 4.25. The summed E-state index contributed by atoms with van der Waals surface area (Å²) in [6, 6.07) is 0. The van der Waals surface area contributed by atoms with Crippen molar-refractivity contribution < 1.29 is 0 Å². The lowest BCUT2D eigenvalue weighted by Gasteiger charge is -2.24. The molecule has 0 unspecified atom stereocenters. The summed E-state index contributed by atoms with van der Waals surface area (Å²) >= 11 is 0. The van der Waals surface area contributed by atoms with Crippen molar-refractivity contribution in [2.45, 2.75) is 6.54 Å². The maximum absolute atomic E-state index is 4.25. The van der Waals surface area contributed by atoms with E-state index in [4.69, 9.17) is 0 Å². The Bertz CT molecular complexity index is 214. The number of tetrazole rings is 1. The van der Waals surface area contributed by atoms with Crippen LogP contribution in [-0.2, 0) is 6.54 Å². The highest BCUT2D eigenvalue weighted by Gasteiger charge is 2.11. The van der Waals surface area contributed by atoms with Gasteiger partial charge in [-0.1, -0.05) is 0 Å². The van der Waals surface area contributed by atoms with Crippen molar-refractivity contribution in [3.8, 4) is 0 Å². The molecule has 1 saturated heterocycles. The van der Waals surface area contributed by atoms with Crippen molar-refractivity contribution in [3.05, 3.63) is 5.82 Å². The zero-order chi connectivity index (χ0) is 8.23. The van der Waals surface area contributed by atoms with E-state index >= 15 is 0 Å². The molecule has 1 fully saturated rings. The van der Waals surface area contributed by atoms with Crippen LogP contribution in [0.2, 0.25) is 0 Å². The van der Waals surface area contributed by atoms with Crippen LogP contribution in [0.1, 0.15) is 5.82 Å². The van der Waals surface area contributed by atoms with Crippen LogP contribution in [0.5, 0.6) is 0 Å². The van der Waals surface area contributed by atoms with E-state index in [9.17, 15) is 0 Å². The van der Waals surface area contributed by atoms with Crippen molar-refractivity contribution in [2.75, 3.05) is 26.2 Å². The van der Waals surface area contributed by atoms with Crippen molar-refractivity contribution in [2.24, 2.45) is 0 Å². The van der Waals surface area contributed by atoms with E-state index < -0.39 is 0 Å². The van der Waals surface area contributed by atoms with E-state index in [0.29, 0.717) is 0 Å². The van der Waals surface area contributed by atoms with E-state index in [1.807, 2.05) is 0 Å². The molecule has 6 nitrogen and oxygen atoms in total. The Morgan fingerprint density at radius 1 is 1.33 bits per heavy atom. The SMILES string of the molecule is C1CN(Cc2nnn[nH]2)CC[N]1. The van der Waals surface area contributed by atoms with E-state index in [1.165, 1.54) is 0 Å². The molecule has 1 N–H and O–H groups in total. The Balaban J connectivity index is 1.86. The molecule has 1 aromatic rings. The van der Waals surface area contributed by atoms with Gasteiger partial charge < -0.3 is 0 Å². The van der Waals surface area contributed by atoms with Crippen LogP contribution in [-0.4, -0.2) is 51.7 Å². The highest BCUT2D eigenvalue weighted by atomic mass is 15.5. The van der Waals surface area contributed by atoms with E-state index in [0.717, 1.165) is 38.5 Å². The number of piperazine rings is 1. The lowest BCUT2D eigenvalue weighted by atomic mass is 10.3. The minimum absolute atomic E-state index is 0.808. The molecule has 12 heavy (non-hydrogen) atoms. The summed E-state index contributed by atoms with van der Waals surface area (Å²) in [6.07, 6.45) is 0. The van der Waals surface area contributed by atoms with Gasteiger partial charge in [-0.3, -0.25) is 4.90 Å². The fourth-order valence-corrected chi connectivity index (χ4v) is 1.26. The Labute approximate surface area is 70.3 Å². The molecule has 1 aliphatic heterocycles. The minimum atomic E-state index is 0.808. The third-order valence-electron chi connectivity index (χ3n) is 1.91. The van der Waals surface area contributed by atoms with Crippen LogP contribution in [0.25, 0.3) is 0 Å². The Hall–Kier alpha value is -1.01. The monoisotopic (exact) mass is 167 g/mol. The zero-order valence-electron chi connectivity index (χ0n) is 6.77. The summed E-state index contributed by atoms with van der Waals surface area (Å²) in [5.41, 5.74) is 0. The van der Waals surface area contributed by atoms with Gasteiger partial charge in [-0.15, -0.1) is 5.10 Å². The molecule has 2 rings (SSSR count). The second kappa shape index (κ2) is 3.59. The summed E-state index contributed by atoms with van der Waals surface area (Å²) in [6.45, 7) is 4.70. The Kier molecular flexibility index (Phi) is 2.28. The fourth-order valence-electron chi connectivity index (χ4n) is 1.26. The van der Waals surface area contributed by atoms with Gasteiger partial charge in [-0.25, -0.2) is 10.4 Å². The van der Waals surface area contributed by atoms with Crippen LogP contribution in [0.15, 0.2) is 0 Å². The quantitative estimate of drug-likeness (QED) is 0.589. The lowest BCUT2D eigenvalue weighted by Crippen LogP contribution is -2.39. The number of nitrogens with one attached hydrogen (secondary N) is 1. The number of aromatic nitrogens is 4. The van der Waals surface area contributed by atoms with Crippen LogP contribution in [0.3, 0.4) is 0 Å². The second-order valence-corrected chi connectivity index (χ2v) is 2.79. The molecule has 1 radical (unpaired) electrons. The Morgan fingerprint density at radius 2 is 2.17 bits per heavy atom. The smallest absolute Gasteiger partial charge is 0.162 e. The first-order valence-electron chi connectivity index (χ1n) is 4.03. The average Bonchev–Trinajstić information content (AvgIpc) is 2.59. The minimum Gasteiger partial charge on any atom is -0.293 e. The number of hydrogen-bond donors (Lipinski definition) is 1. The molecule has 0 bridgehead atoms. The molecule has 0 spiro atoms. The van der Waals surface area contributed by atoms with Gasteiger partial charge in [0.1, 0.15) is 0 Å². The van der Waals surface area contributed by atoms with Crippen molar-refractivity contribution >= 4 is 0 Å². The predicted molar refractivity (Wildman–Crippen MR) is 41.3 cm³/mol. The number of H-pyrrole nitrogens is 1. The normalized spacial score (nSPS) is 19.7. The first-order valence-corrected chi connectivity index (χ1v) is 4.03. The highest BCUT2D eigenvalue weighted by Crippen LogP contribution is 1.98. The summed E-state index contributed by atoms with van der Waals surface area (Å²) < 4.78 is 0. The topological polar surface area (TPSA) is 71.8 Å². The van der Waals surface area contributed by atoms with Gasteiger partial charge in [0.05, 0.1) is 6.54 Å². The summed E-state index contributed by atoms with van der Waals surface area (Å²) in [7, 11) is 0. The maximum Gasteiger partial charge on any atom is 0.162 e. The largest absolute Gasteiger partial charge is 0.293 e. The lowest BCUT2D eigenvalue weighted by molar-refractivity contribution is 0.225. The van der Waals surface area contributed by atoms with Crippen molar-refractivity contribution in [1.82, 2.24) is 30.8 Å². The van der Waals surface area contributed by atoms with Crippen LogP contribution >= 0.6 is 0 Å². The van der Waals surface area contributed by atoms with Crippen molar-refractivity contribution in [1.29, 1.82) is 0 Å². The van der Waals surface area contributed by atoms with Gasteiger partial charge in [-0.2, -0.15) is 0 Å². The summed E-state index contributed by atoms with van der Waals surface area (Å²) in [5, 5.41) is 17.8. The molecule has 1 aliphatic rings. The van der Waals surface area contributed by atoms with Gasteiger partial charge >= 0.3 is 0 Å². The molecule has 0 saturated carbocycles. The molecule has 0 atom stereocenters. The molecule has 6 heteroatoms. The molecular formula is C6H11N6. The number of aromatic amines is 1. The highest BCUT2D eigenvalue weighted by molar-refractivity contribution is 4.78. The van der Waals surface area contributed by atoms with Gasteiger partial charge in [0.2, 0.25) is 0 Å². The first-order chi connectivity index (χ1) is 5.95. The van der Waals surface area contributed by atoms with Crippen molar-refractivity contribution in [3.63, 3.8) is 0 Å². The fraction of sp³-hybridized carbons (Fsp3) is 0.833. The van der Waals surface area contributed by atoms with Gasteiger partial charge in [0.15, 0.2) is 5.82 Å². The van der Waals surface area contributed by atoms with Gasteiger partial charge in [0.25, 0.3) is 0 Å². The van der Waals surface area contributed by atoms with Crippen LogP contribution in [0, 0.1) is 0 Å². The average molecular weight is 167 g/mol. The third-order valence-corrected chi connectivity index (χ3v) is 1.91. The van der Waals surface area contributed by atoms with E-state index in [2.05, 4.69) is 30.8 Å². The molecule has 0 amide bonds. The predicted octanol–water partition coefficient (Wildman–Crippen LogP) is -1.38. The van der Waals surface area contributed by atoms with E-state index in [1.54, 1.807) is 0 Å². The molecular weight excluding hydrogens is 156 g/mol. The number of nitrogens with zero attached hydrogens (tertiary/aromatic N) is 5. The van der Waals surface area contributed by atoms with Crippen LogP contribution < -0.4 is 5.32 Å². The Morgan fingerprint density at radius 3 is 2.83 bits per heavy atom. The number of hydrogen-bond acceptors (Lipinski definition) is 4. The zero-order valence-corrected chi connectivity index (χ0v) is 6.77. The molecule has 65 valence electrons. The second-order valence-electron chi connectivity index (χ2n) is 2.79. The summed E-state index contributed by atoms with van der Waals surface area (Å²) in [5.74, 6) is 0.830. The molecule has 1 aromatic heterocycles. The van der Waals surface area contributed by atoms with Crippen LogP contribution in [0.4, 0.5) is 0 Å². The third kappa shape index (κ3) is 1.77. The number of rotatable bonds is 2. The summed E-state index contributed by atoms with van der Waals surface area (Å²) in [4.78, 5) is 2.29. The first kappa shape index (κ1) is 7.63. The van der Waals surface area contributed by atoms with E-state index in [-0.39, 0.29) is 0 Å². The van der Waals surface area contributed by atoms with Gasteiger partial charge in [0, 0.05) is 26.2 Å². The molecule has 0 aromatic carbocycles. The van der Waals surface area contributed by atoms with Gasteiger partial charge in [-0.05, 0) is 10.4 Å².